The highest BCUT2D eigenvalue weighted by Gasteiger charge is 2.30. The molecule has 0 spiro atoms. The monoisotopic (exact) mass is 358 g/mol. The van der Waals surface area contributed by atoms with E-state index in [0.29, 0.717) is 23.8 Å². The number of hydrogen-bond acceptors (Lipinski definition) is 5. The van der Waals surface area contributed by atoms with Gasteiger partial charge in [0.25, 0.3) is 0 Å². The Morgan fingerprint density at radius 1 is 1.24 bits per heavy atom. The third-order valence-corrected chi connectivity index (χ3v) is 5.12. The normalized spacial score (nSPS) is 13.7. The molecule has 3 rings (SSSR count). The van der Waals surface area contributed by atoms with Crippen LogP contribution in [0.3, 0.4) is 0 Å². The van der Waals surface area contributed by atoms with Crippen LogP contribution < -0.4 is 5.32 Å². The van der Waals surface area contributed by atoms with Crippen molar-refractivity contribution in [2.45, 2.75) is 50.9 Å². The van der Waals surface area contributed by atoms with E-state index in [9.17, 15) is 9.59 Å². The van der Waals surface area contributed by atoms with Crippen molar-refractivity contribution in [3.05, 3.63) is 41.2 Å². The maximum atomic E-state index is 12.4. The van der Waals surface area contributed by atoms with Crippen LogP contribution in [0.2, 0.25) is 0 Å². The fraction of sp³-hybridized carbons (Fsp3) is 0.444. The number of rotatable bonds is 8. The maximum absolute atomic E-state index is 12.4. The number of carbonyl (C=O) groups excluding carboxylic acids is 2. The molecule has 1 aliphatic rings. The fourth-order valence-electron chi connectivity index (χ4n) is 2.60. The minimum Gasteiger partial charge on any atom is -0.352 e. The molecule has 0 aliphatic heterocycles. The Morgan fingerprint density at radius 3 is 2.56 bits per heavy atom. The van der Waals surface area contributed by atoms with Crippen molar-refractivity contribution in [2.24, 2.45) is 0 Å². The number of nitrogens with zero attached hydrogens (tertiary/aromatic N) is 3. The first-order valence-electron chi connectivity index (χ1n) is 8.51. The Hall–Kier alpha value is -2.15. The van der Waals surface area contributed by atoms with Gasteiger partial charge in [-0.15, -0.1) is 10.2 Å². The molecule has 132 valence electrons. The first kappa shape index (κ1) is 17.7. The maximum Gasteiger partial charge on any atom is 0.217 e. The van der Waals surface area contributed by atoms with Gasteiger partial charge in [-0.1, -0.05) is 36.0 Å². The molecule has 2 aromatic rings. The SMILES string of the molecule is CCn1c(SCC(=O)c2ccc(CNC(C)=O)cc2)nnc1C1CC1. The molecule has 1 heterocycles. The zero-order valence-corrected chi connectivity index (χ0v) is 15.3. The number of ketones is 1. The average Bonchev–Trinajstić information content (AvgIpc) is 3.38. The van der Waals surface area contributed by atoms with E-state index < -0.39 is 0 Å². The molecule has 25 heavy (non-hydrogen) atoms. The number of benzene rings is 1. The van der Waals surface area contributed by atoms with Crippen LogP contribution in [0, 0.1) is 0 Å². The molecule has 1 amide bonds. The highest BCUT2D eigenvalue weighted by atomic mass is 32.2. The number of Topliss-reactive ketones (excluding diaryl/α,β-unsaturated/α-hetero) is 1. The predicted octanol–water partition coefficient (Wildman–Crippen LogP) is 2.79. The second kappa shape index (κ2) is 7.82. The second-order valence-corrected chi connectivity index (χ2v) is 7.12. The summed E-state index contributed by atoms with van der Waals surface area (Å²) in [5.74, 6) is 1.94. The van der Waals surface area contributed by atoms with Gasteiger partial charge in [0.1, 0.15) is 5.82 Å². The van der Waals surface area contributed by atoms with Gasteiger partial charge < -0.3 is 9.88 Å². The van der Waals surface area contributed by atoms with E-state index in [1.54, 1.807) is 12.1 Å². The third kappa shape index (κ3) is 4.48. The highest BCUT2D eigenvalue weighted by molar-refractivity contribution is 7.99. The minimum absolute atomic E-state index is 0.0645. The lowest BCUT2D eigenvalue weighted by molar-refractivity contribution is -0.119. The van der Waals surface area contributed by atoms with E-state index >= 15 is 0 Å². The summed E-state index contributed by atoms with van der Waals surface area (Å²) in [6.07, 6.45) is 2.37. The zero-order valence-electron chi connectivity index (χ0n) is 14.5. The lowest BCUT2D eigenvalue weighted by atomic mass is 10.1. The Balaban J connectivity index is 1.58. The summed E-state index contributed by atoms with van der Waals surface area (Å²) < 4.78 is 2.12. The van der Waals surface area contributed by atoms with E-state index in [4.69, 9.17) is 0 Å². The van der Waals surface area contributed by atoms with Gasteiger partial charge in [0, 0.05) is 31.5 Å². The highest BCUT2D eigenvalue weighted by Crippen LogP contribution is 2.40. The summed E-state index contributed by atoms with van der Waals surface area (Å²) in [5, 5.41) is 12.1. The topological polar surface area (TPSA) is 76.9 Å². The average molecular weight is 358 g/mol. The predicted molar refractivity (Wildman–Crippen MR) is 96.7 cm³/mol. The van der Waals surface area contributed by atoms with Crippen molar-refractivity contribution in [2.75, 3.05) is 5.75 Å². The molecule has 6 nitrogen and oxygen atoms in total. The van der Waals surface area contributed by atoms with Crippen molar-refractivity contribution >= 4 is 23.5 Å². The smallest absolute Gasteiger partial charge is 0.217 e. The summed E-state index contributed by atoms with van der Waals surface area (Å²) in [6.45, 7) is 4.86. The molecule has 0 atom stereocenters. The van der Waals surface area contributed by atoms with Gasteiger partial charge in [-0.25, -0.2) is 0 Å². The van der Waals surface area contributed by atoms with Crippen molar-refractivity contribution in [3.8, 4) is 0 Å². The Bertz CT molecular complexity index is 766. The van der Waals surface area contributed by atoms with Crippen molar-refractivity contribution in [1.82, 2.24) is 20.1 Å². The van der Waals surface area contributed by atoms with E-state index in [1.165, 1.54) is 31.5 Å². The Labute approximate surface area is 151 Å². The molecule has 1 aromatic carbocycles. The van der Waals surface area contributed by atoms with Gasteiger partial charge in [-0.3, -0.25) is 9.59 Å². The van der Waals surface area contributed by atoms with Crippen molar-refractivity contribution in [3.63, 3.8) is 0 Å². The third-order valence-electron chi connectivity index (χ3n) is 4.15. The summed E-state index contributed by atoms with van der Waals surface area (Å²) in [6, 6.07) is 7.35. The van der Waals surface area contributed by atoms with E-state index in [2.05, 4.69) is 27.0 Å². The minimum atomic E-state index is -0.0674. The molecular weight excluding hydrogens is 336 g/mol. The van der Waals surface area contributed by atoms with Gasteiger partial charge in [0.05, 0.1) is 5.75 Å². The molecule has 0 radical (unpaired) electrons. The molecule has 1 aromatic heterocycles. The van der Waals surface area contributed by atoms with Crippen LogP contribution in [0.5, 0.6) is 0 Å². The number of aromatic nitrogens is 3. The largest absolute Gasteiger partial charge is 0.352 e. The van der Waals surface area contributed by atoms with Crippen molar-refractivity contribution < 1.29 is 9.59 Å². The van der Waals surface area contributed by atoms with E-state index in [-0.39, 0.29) is 11.7 Å². The van der Waals surface area contributed by atoms with Crippen LogP contribution in [0.1, 0.15) is 54.4 Å². The van der Waals surface area contributed by atoms with Gasteiger partial charge >= 0.3 is 0 Å². The summed E-state index contributed by atoms with van der Waals surface area (Å²) in [4.78, 5) is 23.3. The van der Waals surface area contributed by atoms with Crippen LogP contribution in [-0.4, -0.2) is 32.2 Å². The molecule has 0 bridgehead atoms. The summed E-state index contributed by atoms with van der Waals surface area (Å²) >= 11 is 1.44. The van der Waals surface area contributed by atoms with Crippen LogP contribution in [0.4, 0.5) is 0 Å². The summed E-state index contributed by atoms with van der Waals surface area (Å²) in [5.41, 5.74) is 1.64. The summed E-state index contributed by atoms with van der Waals surface area (Å²) in [7, 11) is 0. The van der Waals surface area contributed by atoms with Crippen LogP contribution in [-0.2, 0) is 17.9 Å². The van der Waals surface area contributed by atoms with E-state index in [1.807, 2.05) is 12.1 Å². The molecule has 7 heteroatoms. The zero-order chi connectivity index (χ0) is 17.8. The number of nitrogens with one attached hydrogen (secondary N) is 1. The standard InChI is InChI=1S/C18H22N4O2S/c1-3-22-17(15-8-9-15)20-21-18(22)25-11-16(24)14-6-4-13(5-7-14)10-19-12(2)23/h4-7,15H,3,8-11H2,1-2H3,(H,19,23). The lowest BCUT2D eigenvalue weighted by Crippen LogP contribution is -2.18. The Kier molecular flexibility index (Phi) is 5.53. The number of thioether (sulfide) groups is 1. The first-order chi connectivity index (χ1) is 12.1. The molecule has 1 N–H and O–H groups in total. The van der Waals surface area contributed by atoms with Gasteiger partial charge in [-0.2, -0.15) is 0 Å². The van der Waals surface area contributed by atoms with Crippen LogP contribution >= 0.6 is 11.8 Å². The molecule has 1 saturated carbocycles. The van der Waals surface area contributed by atoms with Gasteiger partial charge in [-0.05, 0) is 25.3 Å². The fourth-order valence-corrected chi connectivity index (χ4v) is 3.50. The van der Waals surface area contributed by atoms with E-state index in [0.717, 1.165) is 23.1 Å². The second-order valence-electron chi connectivity index (χ2n) is 6.18. The Morgan fingerprint density at radius 2 is 1.96 bits per heavy atom. The first-order valence-corrected chi connectivity index (χ1v) is 9.49. The molecule has 0 unspecified atom stereocenters. The molecule has 1 aliphatic carbocycles. The van der Waals surface area contributed by atoms with Gasteiger partial charge in [0.15, 0.2) is 10.9 Å². The van der Waals surface area contributed by atoms with Gasteiger partial charge in [0.2, 0.25) is 5.91 Å². The van der Waals surface area contributed by atoms with Crippen LogP contribution in [0.15, 0.2) is 29.4 Å². The quantitative estimate of drug-likeness (QED) is 0.580. The molecule has 0 saturated heterocycles. The van der Waals surface area contributed by atoms with Crippen LogP contribution in [0.25, 0.3) is 0 Å². The lowest BCUT2D eigenvalue weighted by Gasteiger charge is -2.07. The molecule has 1 fully saturated rings. The number of carbonyl (C=O) groups is 2. The number of amides is 1. The number of hydrogen-bond donors (Lipinski definition) is 1. The van der Waals surface area contributed by atoms with Crippen molar-refractivity contribution in [1.29, 1.82) is 0 Å². The molecular formula is C18H22N4O2S.